The summed E-state index contributed by atoms with van der Waals surface area (Å²) in [6.45, 7) is 2.86. The Bertz CT molecular complexity index is 376. The smallest absolute Gasteiger partial charge is 0.305 e. The van der Waals surface area contributed by atoms with Gasteiger partial charge in [-0.25, -0.2) is 0 Å². The van der Waals surface area contributed by atoms with E-state index in [2.05, 4.69) is 6.92 Å². The van der Waals surface area contributed by atoms with Crippen LogP contribution in [-0.4, -0.2) is 64.9 Å². The van der Waals surface area contributed by atoms with Crippen LogP contribution >= 0.6 is 0 Å². The normalized spacial score (nSPS) is 23.5. The van der Waals surface area contributed by atoms with Crippen LogP contribution in [-0.2, 0) is 28.5 Å². The maximum atomic E-state index is 12.0. The van der Waals surface area contributed by atoms with Crippen LogP contribution in [0, 0.1) is 0 Å². The molecule has 1 heterocycles. The predicted molar refractivity (Wildman–Crippen MR) is 105 cm³/mol. The fourth-order valence-corrected chi connectivity index (χ4v) is 3.54. The number of unbranched alkanes of at least 4 members (excludes halogenated alkanes) is 8. The van der Waals surface area contributed by atoms with Crippen LogP contribution in [0.25, 0.3) is 0 Å². The van der Waals surface area contributed by atoms with Gasteiger partial charge in [-0.1, -0.05) is 58.3 Å². The molecule has 0 saturated carbocycles. The van der Waals surface area contributed by atoms with Gasteiger partial charge in [0.25, 0.3) is 0 Å². The van der Waals surface area contributed by atoms with E-state index >= 15 is 0 Å². The van der Waals surface area contributed by atoms with Crippen molar-refractivity contribution in [3.8, 4) is 0 Å². The fourth-order valence-electron chi connectivity index (χ4n) is 3.54. The molecular weight excluding hydrogens is 348 g/mol. The average molecular weight is 389 g/mol. The van der Waals surface area contributed by atoms with Crippen molar-refractivity contribution in [2.45, 2.75) is 95.5 Å². The molecule has 1 unspecified atom stereocenters. The Hall–Kier alpha value is -0.690. The van der Waals surface area contributed by atoms with Crippen molar-refractivity contribution in [1.82, 2.24) is 0 Å². The maximum absolute atomic E-state index is 12.0. The fraction of sp³-hybridized carbons (Fsp3) is 0.952. The Morgan fingerprint density at radius 1 is 0.963 bits per heavy atom. The Morgan fingerprint density at radius 2 is 1.59 bits per heavy atom. The highest BCUT2D eigenvalue weighted by Crippen LogP contribution is 2.24. The van der Waals surface area contributed by atoms with Gasteiger partial charge in [0.1, 0.15) is 31.0 Å². The minimum atomic E-state index is -0.359. The van der Waals surface area contributed by atoms with Crippen molar-refractivity contribution in [2.75, 3.05) is 34.5 Å². The van der Waals surface area contributed by atoms with E-state index in [-0.39, 0.29) is 37.0 Å². The third-order valence-electron chi connectivity index (χ3n) is 5.28. The zero-order valence-electron chi connectivity index (χ0n) is 17.7. The zero-order chi connectivity index (χ0) is 19.9. The Balaban J connectivity index is 2.14. The number of hydrogen-bond donors (Lipinski definition) is 0. The van der Waals surface area contributed by atoms with Gasteiger partial charge in [-0.3, -0.25) is 4.79 Å². The van der Waals surface area contributed by atoms with Crippen LogP contribution < -0.4 is 0 Å². The van der Waals surface area contributed by atoms with E-state index in [9.17, 15) is 4.79 Å². The van der Waals surface area contributed by atoms with E-state index in [1.807, 2.05) is 0 Å². The molecule has 6 heteroatoms. The lowest BCUT2D eigenvalue weighted by molar-refractivity contribution is -0.154. The number of ether oxygens (including phenoxy) is 5. The van der Waals surface area contributed by atoms with Crippen LogP contribution in [0.2, 0.25) is 0 Å². The zero-order valence-corrected chi connectivity index (χ0v) is 17.7. The first-order valence-corrected chi connectivity index (χ1v) is 10.5. The van der Waals surface area contributed by atoms with Crippen LogP contribution in [0.4, 0.5) is 0 Å². The summed E-state index contributed by atoms with van der Waals surface area (Å²) in [5.74, 6) is -0.171. The minimum Gasteiger partial charge on any atom is -0.463 e. The van der Waals surface area contributed by atoms with Crippen molar-refractivity contribution in [1.29, 1.82) is 0 Å². The number of carbonyl (C=O) groups is 1. The summed E-state index contributed by atoms with van der Waals surface area (Å²) in [6, 6.07) is 0. The molecule has 4 atom stereocenters. The highest BCUT2D eigenvalue weighted by Gasteiger charge is 2.43. The second-order valence-electron chi connectivity index (χ2n) is 7.31. The molecule has 1 saturated heterocycles. The minimum absolute atomic E-state index is 0.129. The molecule has 0 amide bonds. The van der Waals surface area contributed by atoms with Crippen molar-refractivity contribution in [3.63, 3.8) is 0 Å². The molecule has 1 aliphatic rings. The van der Waals surface area contributed by atoms with Crippen molar-refractivity contribution < 1.29 is 28.5 Å². The molecule has 1 fully saturated rings. The summed E-state index contributed by atoms with van der Waals surface area (Å²) in [5.41, 5.74) is 0. The van der Waals surface area contributed by atoms with Crippen LogP contribution in [0.15, 0.2) is 0 Å². The Morgan fingerprint density at radius 3 is 2.15 bits per heavy atom. The van der Waals surface area contributed by atoms with E-state index in [1.54, 1.807) is 21.3 Å². The first-order valence-electron chi connectivity index (χ1n) is 10.5. The number of hydrogen-bond acceptors (Lipinski definition) is 6. The quantitative estimate of drug-likeness (QED) is 0.295. The standard InChI is InChI=1S/C21H40O6/c1-5-6-7-8-9-10-11-12-13-14-19(22)26-15-18(24-3)21-20(25-4)17(23-2)16-27-21/h17-18,20-21H,5-16H2,1-4H3/t17-,18?,20+,21-/m1/s1. The number of rotatable bonds is 16. The van der Waals surface area contributed by atoms with E-state index in [1.165, 1.54) is 44.9 Å². The lowest BCUT2D eigenvalue weighted by atomic mass is 10.1. The highest BCUT2D eigenvalue weighted by atomic mass is 16.6. The topological polar surface area (TPSA) is 63.2 Å². The third-order valence-corrected chi connectivity index (χ3v) is 5.28. The van der Waals surface area contributed by atoms with E-state index in [4.69, 9.17) is 23.7 Å². The second-order valence-corrected chi connectivity index (χ2v) is 7.31. The number of methoxy groups -OCH3 is 3. The van der Waals surface area contributed by atoms with Gasteiger partial charge in [0.05, 0.1) is 6.61 Å². The molecule has 0 aromatic heterocycles. The van der Waals surface area contributed by atoms with Gasteiger partial charge < -0.3 is 23.7 Å². The van der Waals surface area contributed by atoms with Gasteiger partial charge in [-0.2, -0.15) is 0 Å². The van der Waals surface area contributed by atoms with Crippen LogP contribution in [0.1, 0.15) is 71.1 Å². The van der Waals surface area contributed by atoms with Gasteiger partial charge in [0, 0.05) is 27.8 Å². The first kappa shape index (κ1) is 24.3. The van der Waals surface area contributed by atoms with E-state index < -0.39 is 0 Å². The Kier molecular flexibility index (Phi) is 13.8. The van der Waals surface area contributed by atoms with E-state index in [0.717, 1.165) is 12.8 Å². The SMILES string of the molecule is CCCCCCCCCCCC(=O)OCC(OC)[C@H]1OC[C@@H](OC)[C@@H]1OC. The van der Waals surface area contributed by atoms with Gasteiger partial charge in [-0.05, 0) is 6.42 Å². The lowest BCUT2D eigenvalue weighted by Gasteiger charge is -2.26. The molecule has 1 rings (SSSR count). The summed E-state index contributed by atoms with van der Waals surface area (Å²) >= 11 is 0. The van der Waals surface area contributed by atoms with Crippen molar-refractivity contribution in [3.05, 3.63) is 0 Å². The van der Waals surface area contributed by atoms with Gasteiger partial charge >= 0.3 is 5.97 Å². The van der Waals surface area contributed by atoms with Crippen molar-refractivity contribution >= 4 is 5.97 Å². The first-order chi connectivity index (χ1) is 13.2. The molecule has 0 aliphatic carbocycles. The molecule has 0 aromatic rings. The molecule has 0 radical (unpaired) electrons. The molecule has 0 N–H and O–H groups in total. The largest absolute Gasteiger partial charge is 0.463 e. The monoisotopic (exact) mass is 388 g/mol. The van der Waals surface area contributed by atoms with Gasteiger partial charge in [0.2, 0.25) is 0 Å². The summed E-state index contributed by atoms with van der Waals surface area (Å²) in [7, 11) is 4.85. The number of esters is 1. The van der Waals surface area contributed by atoms with E-state index in [0.29, 0.717) is 13.0 Å². The molecular formula is C21H40O6. The molecule has 27 heavy (non-hydrogen) atoms. The van der Waals surface area contributed by atoms with Gasteiger partial charge in [0.15, 0.2) is 0 Å². The molecule has 1 aliphatic heterocycles. The summed E-state index contributed by atoms with van der Waals surface area (Å²) in [5, 5.41) is 0. The second kappa shape index (κ2) is 15.3. The molecule has 0 bridgehead atoms. The predicted octanol–water partition coefficient (Wildman–Crippen LogP) is 3.89. The molecule has 160 valence electrons. The molecule has 0 spiro atoms. The highest BCUT2D eigenvalue weighted by molar-refractivity contribution is 5.69. The molecule has 6 nitrogen and oxygen atoms in total. The van der Waals surface area contributed by atoms with Crippen LogP contribution in [0.3, 0.4) is 0 Å². The molecule has 0 aromatic carbocycles. The van der Waals surface area contributed by atoms with Crippen LogP contribution in [0.5, 0.6) is 0 Å². The summed E-state index contributed by atoms with van der Waals surface area (Å²) < 4.78 is 27.5. The van der Waals surface area contributed by atoms with Gasteiger partial charge in [-0.15, -0.1) is 0 Å². The van der Waals surface area contributed by atoms with Crippen molar-refractivity contribution in [2.24, 2.45) is 0 Å². The third kappa shape index (κ3) is 9.37. The lowest BCUT2D eigenvalue weighted by Crippen LogP contribution is -2.43. The summed E-state index contributed by atoms with van der Waals surface area (Å²) in [4.78, 5) is 12.0. The Labute approximate surface area is 165 Å². The average Bonchev–Trinajstić information content (AvgIpc) is 3.10. The number of carbonyl (C=O) groups excluding carboxylic acids is 1. The summed E-state index contributed by atoms with van der Waals surface area (Å²) in [6.07, 6.45) is 10.5. The maximum Gasteiger partial charge on any atom is 0.305 e.